The van der Waals surface area contributed by atoms with Crippen molar-refractivity contribution in [2.24, 2.45) is 0 Å². The van der Waals surface area contributed by atoms with Gasteiger partial charge in [-0.3, -0.25) is 19.5 Å². The molecule has 3 aromatic rings. The van der Waals surface area contributed by atoms with E-state index in [1.54, 1.807) is 29.3 Å². The van der Waals surface area contributed by atoms with Gasteiger partial charge < -0.3 is 9.88 Å². The molecule has 1 aliphatic heterocycles. The lowest BCUT2D eigenvalue weighted by atomic mass is 10.1. The number of pyridine rings is 2. The normalized spacial score (nSPS) is 15.1. The van der Waals surface area contributed by atoms with Crippen LogP contribution in [0.5, 0.6) is 0 Å². The van der Waals surface area contributed by atoms with Crippen molar-refractivity contribution in [1.29, 1.82) is 0 Å². The zero-order valence-electron chi connectivity index (χ0n) is 15.4. The Morgan fingerprint density at radius 2 is 1.96 bits per heavy atom. The molecule has 28 heavy (non-hydrogen) atoms. The highest BCUT2D eigenvalue weighted by molar-refractivity contribution is 6.31. The monoisotopic (exact) mass is 396 g/mol. The summed E-state index contributed by atoms with van der Waals surface area (Å²) in [5, 5.41) is 1.02. The van der Waals surface area contributed by atoms with Crippen LogP contribution in [-0.2, 0) is 6.42 Å². The maximum absolute atomic E-state index is 12.9. The summed E-state index contributed by atoms with van der Waals surface area (Å²) in [7, 11) is 0. The van der Waals surface area contributed by atoms with Gasteiger partial charge in [-0.2, -0.15) is 0 Å². The smallest absolute Gasteiger partial charge is 0.259 e. The highest BCUT2D eigenvalue weighted by atomic mass is 35.5. The van der Waals surface area contributed by atoms with Crippen molar-refractivity contribution < 1.29 is 4.79 Å². The van der Waals surface area contributed by atoms with E-state index >= 15 is 0 Å². The molecule has 7 heteroatoms. The van der Waals surface area contributed by atoms with Crippen LogP contribution in [0.15, 0.2) is 53.6 Å². The summed E-state index contributed by atoms with van der Waals surface area (Å²) >= 11 is 5.97. The molecule has 4 rings (SSSR count). The molecule has 1 aliphatic rings. The molecular formula is C21H21ClN4O2. The summed E-state index contributed by atoms with van der Waals surface area (Å²) in [5.41, 5.74) is 1.63. The zero-order chi connectivity index (χ0) is 19.5. The van der Waals surface area contributed by atoms with Crippen molar-refractivity contribution >= 4 is 28.4 Å². The highest BCUT2D eigenvalue weighted by Gasteiger charge is 2.24. The predicted octanol–water partition coefficient (Wildman–Crippen LogP) is 2.58. The van der Waals surface area contributed by atoms with Crippen LogP contribution in [0.25, 0.3) is 10.9 Å². The number of aromatic amines is 1. The lowest BCUT2D eigenvalue weighted by Gasteiger charge is -2.34. The summed E-state index contributed by atoms with van der Waals surface area (Å²) in [5.74, 6) is -0.220. The number of nitrogens with zero attached hydrogens (tertiary/aromatic N) is 3. The SMILES string of the molecule is O=C(c1c[nH]c2cc(Cl)ccc2c1=O)N1CCN(CCc2ccccn2)CC1. The Morgan fingerprint density at radius 1 is 1.14 bits per heavy atom. The maximum atomic E-state index is 12.9. The molecule has 1 N–H and O–H groups in total. The summed E-state index contributed by atoms with van der Waals surface area (Å²) in [6.07, 6.45) is 4.19. The first-order valence-electron chi connectivity index (χ1n) is 9.34. The summed E-state index contributed by atoms with van der Waals surface area (Å²) in [6, 6.07) is 10.9. The van der Waals surface area contributed by atoms with E-state index in [4.69, 9.17) is 11.6 Å². The number of hydrogen-bond acceptors (Lipinski definition) is 4. The van der Waals surface area contributed by atoms with Crippen molar-refractivity contribution in [2.45, 2.75) is 6.42 Å². The number of nitrogens with one attached hydrogen (secondary N) is 1. The van der Waals surface area contributed by atoms with Gasteiger partial charge in [0.25, 0.3) is 5.91 Å². The summed E-state index contributed by atoms with van der Waals surface area (Å²) in [6.45, 7) is 3.72. The first-order valence-corrected chi connectivity index (χ1v) is 9.72. The minimum atomic E-state index is -0.256. The molecule has 0 aliphatic carbocycles. The van der Waals surface area contributed by atoms with E-state index in [-0.39, 0.29) is 16.9 Å². The second-order valence-electron chi connectivity index (χ2n) is 6.93. The lowest BCUT2D eigenvalue weighted by Crippen LogP contribution is -2.49. The second-order valence-corrected chi connectivity index (χ2v) is 7.36. The number of carbonyl (C=O) groups is 1. The van der Waals surface area contributed by atoms with Gasteiger partial charge in [0, 0.05) is 67.6 Å². The van der Waals surface area contributed by atoms with Crippen molar-refractivity contribution in [3.05, 3.63) is 75.3 Å². The van der Waals surface area contributed by atoms with Crippen molar-refractivity contribution in [2.75, 3.05) is 32.7 Å². The molecule has 1 fully saturated rings. The molecule has 1 saturated heterocycles. The molecule has 0 unspecified atom stereocenters. The molecule has 2 aromatic heterocycles. The fourth-order valence-corrected chi connectivity index (χ4v) is 3.69. The van der Waals surface area contributed by atoms with Crippen molar-refractivity contribution in [3.8, 4) is 0 Å². The van der Waals surface area contributed by atoms with Crippen LogP contribution in [0, 0.1) is 0 Å². The van der Waals surface area contributed by atoms with Crippen LogP contribution in [0.4, 0.5) is 0 Å². The molecule has 3 heterocycles. The van der Waals surface area contributed by atoms with E-state index in [0.717, 1.165) is 31.7 Å². The number of H-pyrrole nitrogens is 1. The Labute approximate surface area is 167 Å². The average molecular weight is 397 g/mol. The second kappa shape index (κ2) is 8.12. The minimum absolute atomic E-state index is 0.178. The average Bonchev–Trinajstić information content (AvgIpc) is 2.73. The molecule has 0 saturated carbocycles. The van der Waals surface area contributed by atoms with E-state index in [0.29, 0.717) is 29.0 Å². The molecular weight excluding hydrogens is 376 g/mol. The number of fused-ring (bicyclic) bond motifs is 1. The Balaban J connectivity index is 1.40. The van der Waals surface area contributed by atoms with Gasteiger partial charge in [-0.15, -0.1) is 0 Å². The first-order chi connectivity index (χ1) is 13.6. The van der Waals surface area contributed by atoms with Gasteiger partial charge in [-0.1, -0.05) is 17.7 Å². The Kier molecular flexibility index (Phi) is 5.41. The number of carbonyl (C=O) groups excluding carboxylic acids is 1. The lowest BCUT2D eigenvalue weighted by molar-refractivity contribution is 0.0637. The van der Waals surface area contributed by atoms with E-state index in [1.165, 1.54) is 6.20 Å². The maximum Gasteiger partial charge on any atom is 0.259 e. The third-order valence-electron chi connectivity index (χ3n) is 5.14. The number of aromatic nitrogens is 2. The zero-order valence-corrected chi connectivity index (χ0v) is 16.2. The number of benzene rings is 1. The van der Waals surface area contributed by atoms with Crippen molar-refractivity contribution in [1.82, 2.24) is 19.8 Å². The van der Waals surface area contributed by atoms with Crippen LogP contribution >= 0.6 is 11.6 Å². The highest BCUT2D eigenvalue weighted by Crippen LogP contribution is 2.16. The molecule has 0 atom stereocenters. The van der Waals surface area contributed by atoms with Gasteiger partial charge in [-0.25, -0.2) is 0 Å². The fraction of sp³-hybridized carbons (Fsp3) is 0.286. The minimum Gasteiger partial charge on any atom is -0.360 e. The number of amides is 1. The Morgan fingerprint density at radius 3 is 2.71 bits per heavy atom. The van der Waals surface area contributed by atoms with Crippen LogP contribution < -0.4 is 5.43 Å². The number of hydrogen-bond donors (Lipinski definition) is 1. The fourth-order valence-electron chi connectivity index (χ4n) is 3.52. The number of rotatable bonds is 4. The van der Waals surface area contributed by atoms with Gasteiger partial charge in [-0.05, 0) is 30.3 Å². The predicted molar refractivity (Wildman–Crippen MR) is 110 cm³/mol. The van der Waals surface area contributed by atoms with Gasteiger partial charge in [0.05, 0.1) is 5.52 Å². The summed E-state index contributed by atoms with van der Waals surface area (Å²) < 4.78 is 0. The quantitative estimate of drug-likeness (QED) is 0.736. The third-order valence-corrected chi connectivity index (χ3v) is 5.38. The molecule has 0 radical (unpaired) electrons. The third kappa shape index (κ3) is 3.93. The van der Waals surface area contributed by atoms with Crippen LogP contribution in [0.2, 0.25) is 5.02 Å². The molecule has 144 valence electrons. The first kappa shape index (κ1) is 18.7. The Bertz CT molecular complexity index is 1040. The van der Waals surface area contributed by atoms with E-state index in [2.05, 4.69) is 14.9 Å². The van der Waals surface area contributed by atoms with Crippen molar-refractivity contribution in [3.63, 3.8) is 0 Å². The molecule has 0 bridgehead atoms. The van der Waals surface area contributed by atoms with Crippen LogP contribution in [-0.4, -0.2) is 58.4 Å². The van der Waals surface area contributed by atoms with Gasteiger partial charge >= 0.3 is 0 Å². The standard InChI is InChI=1S/C21H21ClN4O2/c22-15-4-5-17-19(13-15)24-14-18(20(17)27)21(28)26-11-9-25(10-12-26)8-6-16-3-1-2-7-23-16/h1-5,7,13-14H,6,8-12H2,(H,24,27). The van der Waals surface area contributed by atoms with Crippen LogP contribution in [0.3, 0.4) is 0 Å². The van der Waals surface area contributed by atoms with Gasteiger partial charge in [0.2, 0.25) is 5.43 Å². The summed E-state index contributed by atoms with van der Waals surface area (Å²) in [4.78, 5) is 37.0. The molecule has 6 nitrogen and oxygen atoms in total. The Hall–Kier alpha value is -2.70. The van der Waals surface area contributed by atoms with E-state index < -0.39 is 0 Å². The molecule has 1 amide bonds. The number of piperazine rings is 1. The number of halogens is 1. The molecule has 0 spiro atoms. The largest absolute Gasteiger partial charge is 0.360 e. The van der Waals surface area contributed by atoms with E-state index in [1.807, 2.05) is 18.2 Å². The van der Waals surface area contributed by atoms with Gasteiger partial charge in [0.1, 0.15) is 5.56 Å². The van der Waals surface area contributed by atoms with Crippen LogP contribution in [0.1, 0.15) is 16.1 Å². The topological polar surface area (TPSA) is 69.3 Å². The van der Waals surface area contributed by atoms with Gasteiger partial charge in [0.15, 0.2) is 0 Å². The van der Waals surface area contributed by atoms with E-state index in [9.17, 15) is 9.59 Å². The molecule has 1 aromatic carbocycles.